The molecular weight excluding hydrogens is 289 g/mol. The van der Waals surface area contributed by atoms with Crippen LogP contribution in [0.3, 0.4) is 0 Å². The lowest BCUT2D eigenvalue weighted by atomic mass is 10.2. The number of rotatable bonds is 4. The second kappa shape index (κ2) is 5.37. The van der Waals surface area contributed by atoms with Gasteiger partial charge in [0.05, 0.1) is 12.1 Å². The van der Waals surface area contributed by atoms with Gasteiger partial charge in [0.15, 0.2) is 5.82 Å². The Morgan fingerprint density at radius 3 is 3.06 bits per heavy atom. The van der Waals surface area contributed by atoms with Crippen molar-refractivity contribution < 1.29 is 8.91 Å². The first kappa shape index (κ1) is 12.2. The van der Waals surface area contributed by atoms with Gasteiger partial charge in [0.1, 0.15) is 5.82 Å². The Morgan fingerprint density at radius 1 is 1.47 bits per heavy atom. The summed E-state index contributed by atoms with van der Waals surface area (Å²) in [5.41, 5.74) is 0.301. The summed E-state index contributed by atoms with van der Waals surface area (Å²) in [7, 11) is 0. The van der Waals surface area contributed by atoms with Crippen molar-refractivity contribution in [3.05, 3.63) is 34.3 Å². The molecule has 1 aromatic carbocycles. The molecule has 0 radical (unpaired) electrons. The van der Waals surface area contributed by atoms with Gasteiger partial charge in [-0.15, -0.1) is 0 Å². The lowest BCUT2D eigenvalue weighted by molar-refractivity contribution is 0.417. The van der Waals surface area contributed by atoms with Crippen LogP contribution in [0.4, 0.5) is 4.39 Å². The van der Waals surface area contributed by atoms with Crippen molar-refractivity contribution in [1.29, 1.82) is 0 Å². The summed E-state index contributed by atoms with van der Waals surface area (Å²) in [6, 6.07) is 4.59. The van der Waals surface area contributed by atoms with Crippen LogP contribution in [0.25, 0.3) is 11.5 Å². The minimum atomic E-state index is -0.383. The maximum Gasteiger partial charge on any atom is 0.260 e. The first-order valence-electron chi connectivity index (χ1n) is 5.19. The van der Waals surface area contributed by atoms with Gasteiger partial charge in [-0.25, -0.2) is 4.39 Å². The van der Waals surface area contributed by atoms with Crippen LogP contribution < -0.4 is 5.32 Å². The molecule has 0 aliphatic carbocycles. The van der Waals surface area contributed by atoms with Gasteiger partial charge >= 0.3 is 0 Å². The molecule has 90 valence electrons. The van der Waals surface area contributed by atoms with E-state index in [1.165, 1.54) is 6.07 Å². The van der Waals surface area contributed by atoms with Crippen LogP contribution in [-0.2, 0) is 6.54 Å². The van der Waals surface area contributed by atoms with Crippen LogP contribution in [0.15, 0.2) is 27.2 Å². The zero-order valence-electron chi connectivity index (χ0n) is 9.20. The van der Waals surface area contributed by atoms with Crippen molar-refractivity contribution in [2.24, 2.45) is 0 Å². The molecule has 2 rings (SSSR count). The van der Waals surface area contributed by atoms with E-state index in [-0.39, 0.29) is 11.7 Å². The van der Waals surface area contributed by atoms with E-state index in [2.05, 4.69) is 31.4 Å². The molecule has 0 unspecified atom stereocenters. The van der Waals surface area contributed by atoms with Crippen LogP contribution in [0.1, 0.15) is 12.7 Å². The van der Waals surface area contributed by atoms with Gasteiger partial charge in [-0.3, -0.25) is 0 Å². The summed E-state index contributed by atoms with van der Waals surface area (Å²) in [5, 5.41) is 6.84. The molecule has 1 heterocycles. The SMILES string of the molecule is CCNCc1noc(-c2cc(Br)ccc2F)n1. The van der Waals surface area contributed by atoms with Gasteiger partial charge < -0.3 is 9.84 Å². The normalized spacial score (nSPS) is 10.8. The van der Waals surface area contributed by atoms with Crippen molar-refractivity contribution >= 4 is 15.9 Å². The highest BCUT2D eigenvalue weighted by molar-refractivity contribution is 9.10. The average Bonchev–Trinajstić information content (AvgIpc) is 2.78. The van der Waals surface area contributed by atoms with Crippen molar-refractivity contribution in [3.8, 4) is 11.5 Å². The van der Waals surface area contributed by atoms with Crippen LogP contribution in [-0.4, -0.2) is 16.7 Å². The molecule has 0 atom stereocenters. The van der Waals surface area contributed by atoms with Crippen molar-refractivity contribution in [2.75, 3.05) is 6.54 Å². The number of halogens is 2. The molecule has 2 aromatic rings. The third-order valence-electron chi connectivity index (χ3n) is 2.16. The zero-order valence-corrected chi connectivity index (χ0v) is 10.8. The Balaban J connectivity index is 2.27. The average molecular weight is 300 g/mol. The molecule has 0 spiro atoms. The monoisotopic (exact) mass is 299 g/mol. The lowest BCUT2D eigenvalue weighted by Gasteiger charge is -1.97. The minimum Gasteiger partial charge on any atom is -0.334 e. The molecule has 0 aliphatic rings. The fourth-order valence-corrected chi connectivity index (χ4v) is 1.69. The van der Waals surface area contributed by atoms with Gasteiger partial charge in [-0.2, -0.15) is 4.98 Å². The molecule has 0 saturated carbocycles. The number of aromatic nitrogens is 2. The maximum atomic E-state index is 13.6. The molecule has 1 aromatic heterocycles. The van der Waals surface area contributed by atoms with Crippen LogP contribution in [0.2, 0.25) is 0 Å². The van der Waals surface area contributed by atoms with Gasteiger partial charge in [0.2, 0.25) is 0 Å². The van der Waals surface area contributed by atoms with E-state index in [0.29, 0.717) is 17.9 Å². The van der Waals surface area contributed by atoms with Crippen LogP contribution in [0.5, 0.6) is 0 Å². The second-order valence-electron chi connectivity index (χ2n) is 3.42. The lowest BCUT2D eigenvalue weighted by Crippen LogP contribution is -2.12. The second-order valence-corrected chi connectivity index (χ2v) is 4.34. The van der Waals surface area contributed by atoms with Crippen LogP contribution >= 0.6 is 15.9 Å². The molecular formula is C11H11BrFN3O. The van der Waals surface area contributed by atoms with Crippen molar-refractivity contribution in [2.45, 2.75) is 13.5 Å². The summed E-state index contributed by atoms with van der Waals surface area (Å²) >= 11 is 3.27. The third kappa shape index (κ3) is 2.89. The van der Waals surface area contributed by atoms with E-state index in [9.17, 15) is 4.39 Å². The summed E-state index contributed by atoms with van der Waals surface area (Å²) in [4.78, 5) is 4.12. The number of nitrogens with zero attached hydrogens (tertiary/aromatic N) is 2. The topological polar surface area (TPSA) is 51.0 Å². The fraction of sp³-hybridized carbons (Fsp3) is 0.273. The first-order chi connectivity index (χ1) is 8.20. The fourth-order valence-electron chi connectivity index (χ4n) is 1.33. The summed E-state index contributed by atoms with van der Waals surface area (Å²) in [6.45, 7) is 3.31. The predicted molar refractivity (Wildman–Crippen MR) is 64.8 cm³/mol. The molecule has 4 nitrogen and oxygen atoms in total. The zero-order chi connectivity index (χ0) is 12.3. The molecule has 1 N–H and O–H groups in total. The van der Waals surface area contributed by atoms with Gasteiger partial charge in [0, 0.05) is 4.47 Å². The van der Waals surface area contributed by atoms with E-state index in [4.69, 9.17) is 4.52 Å². The number of benzene rings is 1. The summed E-state index contributed by atoms with van der Waals surface area (Å²) in [5.74, 6) is 0.324. The first-order valence-corrected chi connectivity index (χ1v) is 5.98. The molecule has 6 heteroatoms. The Hall–Kier alpha value is -1.27. The summed E-state index contributed by atoms with van der Waals surface area (Å²) in [6.07, 6.45) is 0. The molecule has 17 heavy (non-hydrogen) atoms. The van der Waals surface area contributed by atoms with Gasteiger partial charge in [-0.05, 0) is 24.7 Å². The third-order valence-corrected chi connectivity index (χ3v) is 2.65. The Labute approximate surface area is 106 Å². The number of hydrogen-bond acceptors (Lipinski definition) is 4. The van der Waals surface area contributed by atoms with Gasteiger partial charge in [0.25, 0.3) is 5.89 Å². The molecule has 0 saturated heterocycles. The van der Waals surface area contributed by atoms with E-state index < -0.39 is 0 Å². The molecule has 0 aliphatic heterocycles. The minimum absolute atomic E-state index is 0.191. The van der Waals surface area contributed by atoms with Crippen molar-refractivity contribution in [3.63, 3.8) is 0 Å². The predicted octanol–water partition coefficient (Wildman–Crippen LogP) is 2.75. The Bertz CT molecular complexity index is 515. The Kier molecular flexibility index (Phi) is 3.86. The van der Waals surface area contributed by atoms with Gasteiger partial charge in [-0.1, -0.05) is 28.0 Å². The van der Waals surface area contributed by atoms with E-state index >= 15 is 0 Å². The van der Waals surface area contributed by atoms with Crippen molar-refractivity contribution in [1.82, 2.24) is 15.5 Å². The van der Waals surface area contributed by atoms with E-state index in [1.807, 2.05) is 6.92 Å². The molecule has 0 amide bonds. The highest BCUT2D eigenvalue weighted by Crippen LogP contribution is 2.24. The smallest absolute Gasteiger partial charge is 0.260 e. The van der Waals surface area contributed by atoms with Crippen LogP contribution in [0, 0.1) is 5.82 Å². The number of hydrogen-bond donors (Lipinski definition) is 1. The Morgan fingerprint density at radius 2 is 2.29 bits per heavy atom. The van der Waals surface area contributed by atoms with E-state index in [1.54, 1.807) is 12.1 Å². The molecule has 0 bridgehead atoms. The highest BCUT2D eigenvalue weighted by atomic mass is 79.9. The largest absolute Gasteiger partial charge is 0.334 e. The quantitative estimate of drug-likeness (QED) is 0.943. The maximum absolute atomic E-state index is 13.6. The highest BCUT2D eigenvalue weighted by Gasteiger charge is 2.13. The number of nitrogens with one attached hydrogen (secondary N) is 1. The standard InChI is InChI=1S/C11H11BrFN3O/c1-2-14-6-10-15-11(17-16-10)8-5-7(12)3-4-9(8)13/h3-5,14H,2,6H2,1H3. The molecule has 0 fully saturated rings. The summed E-state index contributed by atoms with van der Waals surface area (Å²) < 4.78 is 19.3. The van der Waals surface area contributed by atoms with E-state index in [0.717, 1.165) is 11.0 Å².